The number of fused-ring (bicyclic) bond motifs is 1. The Labute approximate surface area is 218 Å². The van der Waals surface area contributed by atoms with Crippen molar-refractivity contribution in [2.45, 2.75) is 90.6 Å². The molecule has 2 aromatic heterocycles. The van der Waals surface area contributed by atoms with Crippen LogP contribution >= 0.6 is 11.3 Å². The Morgan fingerprint density at radius 2 is 1.83 bits per heavy atom. The van der Waals surface area contributed by atoms with E-state index >= 15 is 0 Å². The number of aliphatic carboxylic acids is 1. The van der Waals surface area contributed by atoms with Crippen LogP contribution in [0.5, 0.6) is 0 Å². The minimum Gasteiger partial charge on any atom is -0.480 e. The zero-order chi connectivity index (χ0) is 25.7. The summed E-state index contributed by atoms with van der Waals surface area (Å²) in [5.41, 5.74) is 2.26. The number of imidazole rings is 1. The highest BCUT2D eigenvalue weighted by atomic mass is 32.1. The number of thiophene rings is 1. The van der Waals surface area contributed by atoms with Gasteiger partial charge in [-0.2, -0.15) is 0 Å². The van der Waals surface area contributed by atoms with Crippen molar-refractivity contribution in [3.8, 4) is 0 Å². The van der Waals surface area contributed by atoms with Gasteiger partial charge < -0.3 is 15.0 Å². The Bertz CT molecular complexity index is 1160. The molecule has 2 N–H and O–H groups in total. The van der Waals surface area contributed by atoms with E-state index in [0.717, 1.165) is 67.7 Å². The van der Waals surface area contributed by atoms with Crippen LogP contribution in [0.15, 0.2) is 35.7 Å². The van der Waals surface area contributed by atoms with E-state index < -0.39 is 12.0 Å². The zero-order valence-corrected chi connectivity index (χ0v) is 22.5. The van der Waals surface area contributed by atoms with Crippen molar-refractivity contribution in [2.75, 3.05) is 0 Å². The number of carbonyl (C=O) groups excluding carboxylic acids is 1. The van der Waals surface area contributed by atoms with E-state index in [9.17, 15) is 14.7 Å². The third kappa shape index (κ3) is 6.00. The molecule has 1 saturated carbocycles. The van der Waals surface area contributed by atoms with E-state index in [-0.39, 0.29) is 5.91 Å². The van der Waals surface area contributed by atoms with Gasteiger partial charge in [0, 0.05) is 22.9 Å². The maximum Gasteiger partial charge on any atom is 0.326 e. The maximum atomic E-state index is 13.1. The van der Waals surface area contributed by atoms with Crippen LogP contribution in [0.1, 0.15) is 99.2 Å². The number of amides is 1. The number of carboxylic acid groups (broad SMARTS) is 1. The SMILES string of the molecule is CCC1CCC(CC(NC(=O)c2ccc3c(c2)nc(Cc2cccs2)n3C(CC)CC)C(=O)O)CC1. The Morgan fingerprint density at radius 3 is 2.44 bits per heavy atom. The number of carbonyl (C=O) groups is 2. The minimum atomic E-state index is -0.960. The predicted octanol–water partition coefficient (Wildman–Crippen LogP) is 6.84. The topological polar surface area (TPSA) is 84.2 Å². The van der Waals surface area contributed by atoms with Gasteiger partial charge in [-0.25, -0.2) is 9.78 Å². The molecule has 4 rings (SSSR count). The third-order valence-electron chi connectivity index (χ3n) is 7.96. The van der Waals surface area contributed by atoms with Crippen LogP contribution in [0, 0.1) is 11.8 Å². The van der Waals surface area contributed by atoms with Gasteiger partial charge in [0.1, 0.15) is 11.9 Å². The summed E-state index contributed by atoms with van der Waals surface area (Å²) in [6.45, 7) is 6.61. The van der Waals surface area contributed by atoms with E-state index in [0.29, 0.717) is 23.9 Å². The molecule has 194 valence electrons. The zero-order valence-electron chi connectivity index (χ0n) is 21.7. The molecule has 0 aliphatic heterocycles. The molecule has 1 aromatic carbocycles. The average molecular weight is 510 g/mol. The van der Waals surface area contributed by atoms with Gasteiger partial charge in [-0.1, -0.05) is 58.9 Å². The molecule has 7 heteroatoms. The quantitative estimate of drug-likeness (QED) is 0.296. The highest BCUT2D eigenvalue weighted by Gasteiger charge is 2.28. The third-order valence-corrected chi connectivity index (χ3v) is 8.84. The molecule has 1 aliphatic rings. The number of hydrogen-bond donors (Lipinski definition) is 2. The number of carboxylic acids is 1. The lowest BCUT2D eigenvalue weighted by molar-refractivity contribution is -0.139. The lowest BCUT2D eigenvalue weighted by atomic mass is 9.78. The summed E-state index contributed by atoms with van der Waals surface area (Å²) in [5.74, 6) is 0.814. The first-order valence-corrected chi connectivity index (χ1v) is 14.4. The first kappa shape index (κ1) is 26.4. The number of benzene rings is 1. The van der Waals surface area contributed by atoms with E-state index in [4.69, 9.17) is 4.98 Å². The summed E-state index contributed by atoms with van der Waals surface area (Å²) in [6.07, 6.45) is 8.85. The molecular weight excluding hydrogens is 470 g/mol. The molecule has 1 aliphatic carbocycles. The van der Waals surface area contributed by atoms with Crippen molar-refractivity contribution >= 4 is 34.2 Å². The fourth-order valence-corrected chi connectivity index (χ4v) is 6.42. The molecule has 0 saturated heterocycles. The van der Waals surface area contributed by atoms with E-state index in [1.165, 1.54) is 11.3 Å². The lowest BCUT2D eigenvalue weighted by Crippen LogP contribution is -2.42. The van der Waals surface area contributed by atoms with E-state index in [1.54, 1.807) is 17.4 Å². The number of nitrogens with one attached hydrogen (secondary N) is 1. The first-order valence-electron chi connectivity index (χ1n) is 13.5. The van der Waals surface area contributed by atoms with Crippen LogP contribution < -0.4 is 5.32 Å². The van der Waals surface area contributed by atoms with Crippen molar-refractivity contribution in [3.05, 3.63) is 52.0 Å². The summed E-state index contributed by atoms with van der Waals surface area (Å²) in [6, 6.07) is 9.24. The first-order chi connectivity index (χ1) is 17.4. The molecule has 1 fully saturated rings. The summed E-state index contributed by atoms with van der Waals surface area (Å²) >= 11 is 1.72. The Balaban J connectivity index is 1.54. The van der Waals surface area contributed by atoms with Crippen molar-refractivity contribution in [1.29, 1.82) is 0 Å². The van der Waals surface area contributed by atoms with Gasteiger partial charge in [0.2, 0.25) is 0 Å². The number of rotatable bonds is 11. The fraction of sp³-hybridized carbons (Fsp3) is 0.552. The molecule has 3 aromatic rings. The van der Waals surface area contributed by atoms with Crippen LogP contribution in [0.25, 0.3) is 11.0 Å². The predicted molar refractivity (Wildman–Crippen MR) is 146 cm³/mol. The van der Waals surface area contributed by atoms with E-state index in [1.807, 2.05) is 12.1 Å². The Morgan fingerprint density at radius 1 is 1.11 bits per heavy atom. The van der Waals surface area contributed by atoms with Crippen LogP contribution in [0.3, 0.4) is 0 Å². The molecule has 1 amide bonds. The smallest absolute Gasteiger partial charge is 0.326 e. The highest BCUT2D eigenvalue weighted by Crippen LogP contribution is 2.33. The standard InChI is InChI=1S/C29H39N3O3S/c1-4-19-9-11-20(12-10-19)16-25(29(34)35)31-28(33)21-13-14-26-24(17-21)30-27(18-23-8-7-15-36-23)32(26)22(5-2)6-3/h7-8,13-15,17,19-20,22,25H,4-6,9-12,16,18H2,1-3H3,(H,31,33)(H,34,35). The summed E-state index contributed by atoms with van der Waals surface area (Å²) in [5, 5.41) is 14.7. The lowest BCUT2D eigenvalue weighted by Gasteiger charge is -2.29. The molecule has 1 atom stereocenters. The molecular formula is C29H39N3O3S. The summed E-state index contributed by atoms with van der Waals surface area (Å²) in [4.78, 5) is 31.3. The van der Waals surface area contributed by atoms with Gasteiger partial charge in [0.05, 0.1) is 11.0 Å². The molecule has 6 nitrogen and oxygen atoms in total. The van der Waals surface area contributed by atoms with Gasteiger partial charge in [-0.15, -0.1) is 11.3 Å². The fourth-order valence-electron chi connectivity index (χ4n) is 5.72. The normalized spacial score (nSPS) is 19.0. The van der Waals surface area contributed by atoms with Crippen molar-refractivity contribution < 1.29 is 14.7 Å². The Hall–Kier alpha value is -2.67. The van der Waals surface area contributed by atoms with Crippen LogP contribution in [-0.4, -0.2) is 32.6 Å². The van der Waals surface area contributed by atoms with E-state index in [2.05, 4.69) is 48.2 Å². The maximum absolute atomic E-state index is 13.1. The second-order valence-electron chi connectivity index (χ2n) is 10.2. The van der Waals surface area contributed by atoms with Crippen molar-refractivity contribution in [3.63, 3.8) is 0 Å². The van der Waals surface area contributed by atoms with Gasteiger partial charge >= 0.3 is 5.97 Å². The molecule has 0 bridgehead atoms. The minimum absolute atomic E-state index is 0.337. The number of aromatic nitrogens is 2. The molecule has 1 unspecified atom stereocenters. The average Bonchev–Trinajstić information content (AvgIpc) is 3.52. The molecule has 36 heavy (non-hydrogen) atoms. The van der Waals surface area contributed by atoms with Crippen LogP contribution in [-0.2, 0) is 11.2 Å². The number of nitrogens with zero attached hydrogens (tertiary/aromatic N) is 2. The van der Waals surface area contributed by atoms with Gasteiger partial charge in [-0.3, -0.25) is 4.79 Å². The summed E-state index contributed by atoms with van der Waals surface area (Å²) in [7, 11) is 0. The van der Waals surface area contributed by atoms with Crippen molar-refractivity contribution in [1.82, 2.24) is 14.9 Å². The summed E-state index contributed by atoms with van der Waals surface area (Å²) < 4.78 is 2.32. The Kier molecular flexibility index (Phi) is 8.83. The van der Waals surface area contributed by atoms with Gasteiger partial charge in [0.15, 0.2) is 0 Å². The largest absolute Gasteiger partial charge is 0.480 e. The van der Waals surface area contributed by atoms with Gasteiger partial charge in [-0.05, 0) is 60.7 Å². The van der Waals surface area contributed by atoms with Crippen LogP contribution in [0.4, 0.5) is 0 Å². The second kappa shape index (κ2) is 12.0. The van der Waals surface area contributed by atoms with Gasteiger partial charge in [0.25, 0.3) is 5.91 Å². The number of hydrogen-bond acceptors (Lipinski definition) is 4. The van der Waals surface area contributed by atoms with Crippen molar-refractivity contribution in [2.24, 2.45) is 11.8 Å². The second-order valence-corrected chi connectivity index (χ2v) is 11.3. The highest BCUT2D eigenvalue weighted by molar-refractivity contribution is 7.09. The van der Waals surface area contributed by atoms with Crippen LogP contribution in [0.2, 0.25) is 0 Å². The monoisotopic (exact) mass is 509 g/mol. The molecule has 0 radical (unpaired) electrons. The molecule has 0 spiro atoms. The molecule has 2 heterocycles.